The molecular formula is C15H10ClN3. The Kier molecular flexibility index (Phi) is 4.03. The zero-order valence-corrected chi connectivity index (χ0v) is 10.8. The molecule has 2 rings (SSSR count). The summed E-state index contributed by atoms with van der Waals surface area (Å²) < 4.78 is 0. The van der Waals surface area contributed by atoms with Gasteiger partial charge in [0.2, 0.25) is 0 Å². The highest BCUT2D eigenvalue weighted by atomic mass is 35.5. The van der Waals surface area contributed by atoms with E-state index in [4.69, 9.17) is 22.1 Å². The minimum absolute atomic E-state index is 0.442. The van der Waals surface area contributed by atoms with E-state index in [0.717, 1.165) is 11.3 Å². The molecule has 2 aromatic rings. The summed E-state index contributed by atoms with van der Waals surface area (Å²) in [6.07, 6.45) is 0. The van der Waals surface area contributed by atoms with Gasteiger partial charge in [-0.1, -0.05) is 23.7 Å². The summed E-state index contributed by atoms with van der Waals surface area (Å²) in [7, 11) is 0. The van der Waals surface area contributed by atoms with E-state index in [1.807, 2.05) is 30.3 Å². The second kappa shape index (κ2) is 5.91. The molecule has 0 amide bonds. The van der Waals surface area contributed by atoms with Crippen LogP contribution in [-0.2, 0) is 6.54 Å². The van der Waals surface area contributed by atoms with Crippen molar-refractivity contribution in [2.24, 2.45) is 0 Å². The molecule has 3 nitrogen and oxygen atoms in total. The van der Waals surface area contributed by atoms with E-state index in [1.165, 1.54) is 0 Å². The molecule has 0 aliphatic carbocycles. The van der Waals surface area contributed by atoms with Crippen LogP contribution in [0.1, 0.15) is 16.7 Å². The Bertz CT molecular complexity index is 681. The van der Waals surface area contributed by atoms with Crippen LogP contribution in [0.4, 0.5) is 5.69 Å². The summed E-state index contributed by atoms with van der Waals surface area (Å²) in [6.45, 7) is 0.585. The highest BCUT2D eigenvalue weighted by Gasteiger charge is 2.01. The third-order valence-electron chi connectivity index (χ3n) is 2.64. The van der Waals surface area contributed by atoms with E-state index in [1.54, 1.807) is 18.2 Å². The SMILES string of the molecule is N#Cc1cccc(CNc2ccc(Cl)c(C#N)c2)c1. The van der Waals surface area contributed by atoms with Gasteiger partial charge in [-0.15, -0.1) is 0 Å². The van der Waals surface area contributed by atoms with Gasteiger partial charge in [-0.25, -0.2) is 0 Å². The Balaban J connectivity index is 2.11. The number of hydrogen-bond donors (Lipinski definition) is 1. The minimum atomic E-state index is 0.442. The van der Waals surface area contributed by atoms with Gasteiger partial charge < -0.3 is 5.32 Å². The van der Waals surface area contributed by atoms with Crippen LogP contribution in [0.25, 0.3) is 0 Å². The Hall–Kier alpha value is -2.49. The highest BCUT2D eigenvalue weighted by molar-refractivity contribution is 6.31. The number of nitrogens with zero attached hydrogens (tertiary/aromatic N) is 2. The van der Waals surface area contributed by atoms with Crippen molar-refractivity contribution < 1.29 is 0 Å². The first-order valence-corrected chi connectivity index (χ1v) is 6.03. The van der Waals surface area contributed by atoms with Crippen molar-refractivity contribution in [1.29, 1.82) is 10.5 Å². The zero-order chi connectivity index (χ0) is 13.7. The number of nitrogens with one attached hydrogen (secondary N) is 1. The average molecular weight is 268 g/mol. The quantitative estimate of drug-likeness (QED) is 0.922. The summed E-state index contributed by atoms with van der Waals surface area (Å²) in [6, 6.07) is 16.7. The number of hydrogen-bond acceptors (Lipinski definition) is 3. The lowest BCUT2D eigenvalue weighted by Crippen LogP contribution is -2.00. The molecule has 92 valence electrons. The first kappa shape index (κ1) is 13.0. The molecule has 0 saturated carbocycles. The van der Waals surface area contributed by atoms with Crippen molar-refractivity contribution in [3.8, 4) is 12.1 Å². The van der Waals surface area contributed by atoms with Crippen LogP contribution in [-0.4, -0.2) is 0 Å². The van der Waals surface area contributed by atoms with Crippen molar-refractivity contribution in [3.63, 3.8) is 0 Å². The monoisotopic (exact) mass is 267 g/mol. The van der Waals surface area contributed by atoms with Crippen LogP contribution in [0.15, 0.2) is 42.5 Å². The average Bonchev–Trinajstić information content (AvgIpc) is 2.46. The Morgan fingerprint density at radius 3 is 2.63 bits per heavy atom. The van der Waals surface area contributed by atoms with E-state index in [0.29, 0.717) is 22.7 Å². The molecule has 0 saturated heterocycles. The molecule has 0 aromatic heterocycles. The molecule has 0 heterocycles. The molecule has 0 fully saturated rings. The Labute approximate surface area is 116 Å². The van der Waals surface area contributed by atoms with Crippen LogP contribution in [0.2, 0.25) is 5.02 Å². The number of nitriles is 2. The number of anilines is 1. The van der Waals surface area contributed by atoms with Crippen LogP contribution in [0.3, 0.4) is 0 Å². The summed E-state index contributed by atoms with van der Waals surface area (Å²) in [5.41, 5.74) is 2.90. The topological polar surface area (TPSA) is 59.6 Å². The number of halogens is 1. The predicted octanol–water partition coefficient (Wildman–Crippen LogP) is 3.70. The maximum atomic E-state index is 8.90. The molecule has 0 unspecified atom stereocenters. The maximum absolute atomic E-state index is 8.90. The van der Waals surface area contributed by atoms with Gasteiger partial charge in [0.25, 0.3) is 0 Å². The van der Waals surface area contributed by atoms with Crippen molar-refractivity contribution in [2.75, 3.05) is 5.32 Å². The van der Waals surface area contributed by atoms with E-state index in [2.05, 4.69) is 11.4 Å². The Morgan fingerprint density at radius 2 is 1.89 bits per heavy atom. The van der Waals surface area contributed by atoms with Crippen LogP contribution in [0, 0.1) is 22.7 Å². The first-order chi connectivity index (χ1) is 9.22. The molecule has 0 atom stereocenters. The lowest BCUT2D eigenvalue weighted by Gasteiger charge is -2.07. The normalized spacial score (nSPS) is 9.42. The minimum Gasteiger partial charge on any atom is -0.381 e. The highest BCUT2D eigenvalue weighted by Crippen LogP contribution is 2.20. The van der Waals surface area contributed by atoms with Gasteiger partial charge >= 0.3 is 0 Å². The fourth-order valence-electron chi connectivity index (χ4n) is 1.68. The lowest BCUT2D eigenvalue weighted by molar-refractivity contribution is 1.15. The molecule has 0 bridgehead atoms. The third-order valence-corrected chi connectivity index (χ3v) is 2.97. The summed E-state index contributed by atoms with van der Waals surface area (Å²) >= 11 is 5.87. The molecule has 4 heteroatoms. The zero-order valence-electron chi connectivity index (χ0n) is 10.0. The van der Waals surface area contributed by atoms with Gasteiger partial charge in [-0.2, -0.15) is 10.5 Å². The van der Waals surface area contributed by atoms with Crippen LogP contribution >= 0.6 is 11.6 Å². The van der Waals surface area contributed by atoms with E-state index in [-0.39, 0.29) is 0 Å². The summed E-state index contributed by atoms with van der Waals surface area (Å²) in [5, 5.41) is 21.4. The Morgan fingerprint density at radius 1 is 1.05 bits per heavy atom. The molecule has 0 spiro atoms. The smallest absolute Gasteiger partial charge is 0.101 e. The standard InChI is InChI=1S/C15H10ClN3/c16-15-5-4-14(7-13(15)9-18)19-10-12-3-1-2-11(6-12)8-17/h1-7,19H,10H2. The predicted molar refractivity (Wildman–Crippen MR) is 74.7 cm³/mol. The van der Waals surface area contributed by atoms with Gasteiger partial charge in [-0.3, -0.25) is 0 Å². The second-order valence-electron chi connectivity index (χ2n) is 3.97. The first-order valence-electron chi connectivity index (χ1n) is 5.65. The second-order valence-corrected chi connectivity index (χ2v) is 4.38. The van der Waals surface area contributed by atoms with Gasteiger partial charge in [0.05, 0.1) is 22.2 Å². The fraction of sp³-hybridized carbons (Fsp3) is 0.0667. The third kappa shape index (κ3) is 3.25. The van der Waals surface area contributed by atoms with Gasteiger partial charge in [-0.05, 0) is 35.9 Å². The fourth-order valence-corrected chi connectivity index (χ4v) is 1.84. The molecule has 1 N–H and O–H groups in total. The molecule has 19 heavy (non-hydrogen) atoms. The van der Waals surface area contributed by atoms with E-state index < -0.39 is 0 Å². The lowest BCUT2D eigenvalue weighted by atomic mass is 10.1. The molecule has 0 aliphatic rings. The number of benzene rings is 2. The van der Waals surface area contributed by atoms with Crippen molar-refractivity contribution >= 4 is 17.3 Å². The molecular weight excluding hydrogens is 258 g/mol. The van der Waals surface area contributed by atoms with E-state index in [9.17, 15) is 0 Å². The largest absolute Gasteiger partial charge is 0.381 e. The van der Waals surface area contributed by atoms with Gasteiger partial charge in [0.15, 0.2) is 0 Å². The van der Waals surface area contributed by atoms with Crippen LogP contribution < -0.4 is 5.32 Å². The van der Waals surface area contributed by atoms with Crippen LogP contribution in [0.5, 0.6) is 0 Å². The molecule has 0 radical (unpaired) electrons. The van der Waals surface area contributed by atoms with Crippen molar-refractivity contribution in [1.82, 2.24) is 0 Å². The summed E-state index contributed by atoms with van der Waals surface area (Å²) in [5.74, 6) is 0. The molecule has 0 aliphatic heterocycles. The van der Waals surface area contributed by atoms with Crippen molar-refractivity contribution in [3.05, 3.63) is 64.2 Å². The maximum Gasteiger partial charge on any atom is 0.101 e. The number of rotatable bonds is 3. The van der Waals surface area contributed by atoms with Gasteiger partial charge in [0.1, 0.15) is 6.07 Å². The van der Waals surface area contributed by atoms with E-state index >= 15 is 0 Å². The van der Waals surface area contributed by atoms with Crippen molar-refractivity contribution in [2.45, 2.75) is 6.54 Å². The van der Waals surface area contributed by atoms with Gasteiger partial charge in [0, 0.05) is 12.2 Å². The molecule has 2 aromatic carbocycles. The summed E-state index contributed by atoms with van der Waals surface area (Å²) in [4.78, 5) is 0.